The lowest BCUT2D eigenvalue weighted by atomic mass is 10.00. The minimum Gasteiger partial charge on any atom is -0.346 e. The first kappa shape index (κ1) is 16.4. The Morgan fingerprint density at radius 2 is 2.24 bits per heavy atom. The lowest BCUT2D eigenvalue weighted by molar-refractivity contribution is -0.0696. The Morgan fingerprint density at radius 3 is 2.92 bits per heavy atom. The maximum atomic E-state index is 12.5. The normalized spacial score (nSPS) is 25.0. The van der Waals surface area contributed by atoms with E-state index in [1.54, 1.807) is 5.38 Å². The molecule has 0 saturated carbocycles. The molecule has 2 unspecified atom stereocenters. The molecule has 1 N–H and O–H groups in total. The summed E-state index contributed by atoms with van der Waals surface area (Å²) in [6.07, 6.45) is -1.95. The lowest BCUT2D eigenvalue weighted by Gasteiger charge is -2.22. The van der Waals surface area contributed by atoms with E-state index in [-0.39, 0.29) is 23.2 Å². The average molecular weight is 365 g/mol. The highest BCUT2D eigenvalue weighted by Crippen LogP contribution is 2.29. The van der Waals surface area contributed by atoms with Crippen LogP contribution in [0.25, 0.3) is 10.1 Å². The van der Waals surface area contributed by atoms with Crippen LogP contribution in [0.5, 0.6) is 0 Å². The van der Waals surface area contributed by atoms with Gasteiger partial charge in [-0.1, -0.05) is 5.92 Å². The van der Waals surface area contributed by atoms with Gasteiger partial charge in [0.1, 0.15) is 5.69 Å². The predicted octanol–water partition coefficient (Wildman–Crippen LogP) is 2.64. The summed E-state index contributed by atoms with van der Waals surface area (Å²) in [4.78, 5) is 18.9. The molecule has 25 heavy (non-hydrogen) atoms. The Bertz CT molecular complexity index is 896. The fraction of sp³-hybridized carbons (Fsp3) is 0.412. The van der Waals surface area contributed by atoms with Gasteiger partial charge in [0.2, 0.25) is 0 Å². The molecule has 2 aromatic heterocycles. The lowest BCUT2D eigenvalue weighted by Crippen LogP contribution is -2.43. The van der Waals surface area contributed by atoms with E-state index in [1.807, 2.05) is 0 Å². The van der Waals surface area contributed by atoms with Gasteiger partial charge in [-0.15, -0.1) is 11.3 Å². The molecule has 4 nitrogen and oxygen atoms in total. The molecule has 2 aliphatic heterocycles. The van der Waals surface area contributed by atoms with Gasteiger partial charge in [0.15, 0.2) is 0 Å². The number of fused-ring (bicyclic) bond motifs is 3. The van der Waals surface area contributed by atoms with Gasteiger partial charge in [-0.25, -0.2) is 4.98 Å². The molecule has 0 aromatic carbocycles. The fourth-order valence-electron chi connectivity index (χ4n) is 3.48. The first-order valence-electron chi connectivity index (χ1n) is 7.89. The van der Waals surface area contributed by atoms with Gasteiger partial charge in [-0.05, 0) is 24.9 Å². The van der Waals surface area contributed by atoms with Crippen molar-refractivity contribution < 1.29 is 18.0 Å². The summed E-state index contributed by atoms with van der Waals surface area (Å²) < 4.78 is 37.6. The number of thiophene rings is 1. The summed E-state index contributed by atoms with van der Waals surface area (Å²) in [5.74, 6) is 3.59. The Kier molecular flexibility index (Phi) is 3.93. The number of piperidine rings is 1. The maximum absolute atomic E-state index is 12.5. The monoisotopic (exact) mass is 365 g/mol. The second kappa shape index (κ2) is 6.00. The topological polar surface area (TPSA) is 45.2 Å². The maximum Gasteiger partial charge on any atom is 0.458 e. The first-order valence-corrected chi connectivity index (χ1v) is 8.77. The van der Waals surface area contributed by atoms with E-state index in [4.69, 9.17) is 0 Å². The van der Waals surface area contributed by atoms with E-state index in [1.165, 1.54) is 29.5 Å². The number of carbonyl (C=O) groups is 1. The third-order valence-electron chi connectivity index (χ3n) is 4.68. The zero-order valence-electron chi connectivity index (χ0n) is 13.1. The van der Waals surface area contributed by atoms with Crippen LogP contribution in [0.15, 0.2) is 17.6 Å². The van der Waals surface area contributed by atoms with Crippen LogP contribution in [0, 0.1) is 17.8 Å². The molecular weight excluding hydrogens is 351 g/mol. The van der Waals surface area contributed by atoms with E-state index in [9.17, 15) is 18.0 Å². The average Bonchev–Trinajstić information content (AvgIpc) is 3.26. The molecule has 4 rings (SSSR count). The van der Waals surface area contributed by atoms with Crippen LogP contribution in [-0.4, -0.2) is 47.6 Å². The number of halogens is 3. The molecule has 0 spiro atoms. The van der Waals surface area contributed by atoms with Crippen molar-refractivity contribution >= 4 is 27.3 Å². The van der Waals surface area contributed by atoms with Crippen LogP contribution in [-0.2, 0) is 0 Å². The van der Waals surface area contributed by atoms with Crippen molar-refractivity contribution in [3.05, 3.63) is 28.9 Å². The first-order chi connectivity index (χ1) is 11.9. The van der Waals surface area contributed by atoms with Crippen molar-refractivity contribution in [1.29, 1.82) is 0 Å². The van der Waals surface area contributed by atoms with E-state index >= 15 is 0 Å². The smallest absolute Gasteiger partial charge is 0.346 e. The SMILES string of the molecule is O=C(NC1CN2CC[C@H]1C2)c1cc2c(C#CC(F)(F)F)csc2cn1. The van der Waals surface area contributed by atoms with E-state index < -0.39 is 6.18 Å². The summed E-state index contributed by atoms with van der Waals surface area (Å²) >= 11 is 1.26. The largest absolute Gasteiger partial charge is 0.458 e. The van der Waals surface area contributed by atoms with Crippen LogP contribution >= 0.6 is 11.3 Å². The van der Waals surface area contributed by atoms with Gasteiger partial charge in [0, 0.05) is 47.6 Å². The van der Waals surface area contributed by atoms with Crippen molar-refractivity contribution in [3.8, 4) is 11.8 Å². The summed E-state index contributed by atoms with van der Waals surface area (Å²) in [7, 11) is 0. The zero-order valence-corrected chi connectivity index (χ0v) is 13.9. The van der Waals surface area contributed by atoms with Crippen molar-refractivity contribution in [1.82, 2.24) is 15.2 Å². The molecule has 8 heteroatoms. The number of amides is 1. The van der Waals surface area contributed by atoms with Gasteiger partial charge in [-0.2, -0.15) is 13.2 Å². The minimum absolute atomic E-state index is 0.116. The molecule has 1 amide bonds. The number of hydrogen-bond acceptors (Lipinski definition) is 4. The van der Waals surface area contributed by atoms with Crippen LogP contribution in [0.3, 0.4) is 0 Å². The van der Waals surface area contributed by atoms with E-state index in [0.29, 0.717) is 16.0 Å². The molecule has 2 saturated heterocycles. The Morgan fingerprint density at radius 1 is 1.40 bits per heavy atom. The molecule has 0 radical (unpaired) electrons. The highest BCUT2D eigenvalue weighted by atomic mass is 32.1. The van der Waals surface area contributed by atoms with Crippen LogP contribution in [0.1, 0.15) is 22.5 Å². The Labute approximate surface area is 146 Å². The predicted molar refractivity (Wildman–Crippen MR) is 88.4 cm³/mol. The van der Waals surface area contributed by atoms with Gasteiger partial charge in [-0.3, -0.25) is 4.79 Å². The molecule has 2 aromatic rings. The number of hydrogen-bond donors (Lipinski definition) is 1. The fourth-order valence-corrected chi connectivity index (χ4v) is 4.32. The van der Waals surface area contributed by atoms with Crippen molar-refractivity contribution in [3.63, 3.8) is 0 Å². The third-order valence-corrected chi connectivity index (χ3v) is 5.61. The number of nitrogens with one attached hydrogen (secondary N) is 1. The molecular formula is C17H14F3N3OS. The quantitative estimate of drug-likeness (QED) is 0.833. The molecule has 130 valence electrons. The van der Waals surface area contributed by atoms with E-state index in [0.717, 1.165) is 26.1 Å². The molecule has 2 bridgehead atoms. The summed E-state index contributed by atoms with van der Waals surface area (Å²) in [5.41, 5.74) is 0.471. The number of pyridine rings is 1. The summed E-state index contributed by atoms with van der Waals surface area (Å²) in [6, 6.07) is 1.64. The number of carbonyl (C=O) groups excluding carboxylic acids is 1. The van der Waals surface area contributed by atoms with Crippen LogP contribution in [0.2, 0.25) is 0 Å². The minimum atomic E-state index is -4.54. The summed E-state index contributed by atoms with van der Waals surface area (Å²) in [5, 5.41) is 5.08. The van der Waals surface area contributed by atoms with Gasteiger partial charge in [0.05, 0.1) is 4.70 Å². The molecule has 2 aliphatic rings. The molecule has 0 aliphatic carbocycles. The second-order valence-electron chi connectivity index (χ2n) is 6.35. The Hall–Kier alpha value is -2.11. The highest BCUT2D eigenvalue weighted by molar-refractivity contribution is 7.17. The summed E-state index contributed by atoms with van der Waals surface area (Å²) in [6.45, 7) is 2.94. The van der Waals surface area contributed by atoms with Crippen LogP contribution < -0.4 is 5.32 Å². The number of rotatable bonds is 2. The van der Waals surface area contributed by atoms with Gasteiger partial charge < -0.3 is 10.2 Å². The Balaban J connectivity index is 1.57. The standard InChI is InChI=1S/C17H14F3N3OS/c18-17(19,20)3-1-11-9-25-15-6-21-13(5-12(11)15)16(24)22-14-8-23-4-2-10(14)7-23/h5-6,9-10,14H,2,4,7-8H2,(H,22,24)/t10-,14?/m0/s1. The van der Waals surface area contributed by atoms with Crippen LogP contribution in [0.4, 0.5) is 13.2 Å². The number of nitrogens with zero attached hydrogens (tertiary/aromatic N) is 2. The third kappa shape index (κ3) is 3.34. The van der Waals surface area contributed by atoms with E-state index in [2.05, 4.69) is 21.1 Å². The number of aromatic nitrogens is 1. The second-order valence-corrected chi connectivity index (χ2v) is 7.26. The van der Waals surface area contributed by atoms with Crippen molar-refractivity contribution in [2.45, 2.75) is 18.6 Å². The molecule has 2 fully saturated rings. The highest BCUT2D eigenvalue weighted by Gasteiger charge is 2.38. The van der Waals surface area contributed by atoms with Crippen molar-refractivity contribution in [2.75, 3.05) is 19.6 Å². The molecule has 4 heterocycles. The zero-order chi connectivity index (χ0) is 17.6. The van der Waals surface area contributed by atoms with Gasteiger partial charge in [0.25, 0.3) is 5.91 Å². The van der Waals surface area contributed by atoms with Gasteiger partial charge >= 0.3 is 6.18 Å². The molecule has 3 atom stereocenters. The number of alkyl halides is 3. The van der Waals surface area contributed by atoms with Crippen molar-refractivity contribution in [2.24, 2.45) is 5.92 Å².